The van der Waals surface area contributed by atoms with E-state index in [2.05, 4.69) is 33.8 Å². The summed E-state index contributed by atoms with van der Waals surface area (Å²) in [5.74, 6) is 2.03. The SMILES string of the molecule is Cc1cc(C)n2nc(SCc3ccccc3C(=O)N3CCN(CC(C)C)CC3)nc2n1. The third-order valence-electron chi connectivity index (χ3n) is 5.49. The number of carbonyl (C=O) groups excluding carboxylic acids is 1. The van der Waals surface area contributed by atoms with Crippen molar-refractivity contribution in [3.63, 3.8) is 0 Å². The number of carbonyl (C=O) groups is 1. The molecule has 164 valence electrons. The molecule has 7 nitrogen and oxygen atoms in total. The first kappa shape index (κ1) is 21.8. The minimum Gasteiger partial charge on any atom is -0.336 e. The van der Waals surface area contributed by atoms with Crippen LogP contribution >= 0.6 is 11.8 Å². The quantitative estimate of drug-likeness (QED) is 0.549. The van der Waals surface area contributed by atoms with Crippen molar-refractivity contribution in [3.8, 4) is 0 Å². The van der Waals surface area contributed by atoms with Crippen molar-refractivity contribution >= 4 is 23.4 Å². The monoisotopic (exact) mass is 438 g/mol. The lowest BCUT2D eigenvalue weighted by Crippen LogP contribution is -2.49. The Labute approximate surface area is 187 Å². The van der Waals surface area contributed by atoms with Gasteiger partial charge >= 0.3 is 0 Å². The molecule has 1 saturated heterocycles. The maximum atomic E-state index is 13.2. The van der Waals surface area contributed by atoms with E-state index in [1.54, 1.807) is 4.52 Å². The molecule has 1 aliphatic rings. The number of aromatic nitrogens is 4. The van der Waals surface area contributed by atoms with Gasteiger partial charge in [0.05, 0.1) is 0 Å². The molecule has 0 radical (unpaired) electrons. The zero-order valence-corrected chi connectivity index (χ0v) is 19.5. The summed E-state index contributed by atoms with van der Waals surface area (Å²) in [6.07, 6.45) is 0. The van der Waals surface area contributed by atoms with Gasteiger partial charge in [-0.25, -0.2) is 9.50 Å². The van der Waals surface area contributed by atoms with Gasteiger partial charge in [0.25, 0.3) is 11.7 Å². The molecule has 0 N–H and O–H groups in total. The lowest BCUT2D eigenvalue weighted by molar-refractivity contribution is 0.0623. The molecule has 0 spiro atoms. The summed E-state index contributed by atoms with van der Waals surface area (Å²) in [6.45, 7) is 13.0. The van der Waals surface area contributed by atoms with Crippen LogP contribution in [0.25, 0.3) is 5.78 Å². The average molecular weight is 439 g/mol. The van der Waals surface area contributed by atoms with Gasteiger partial charge in [-0.2, -0.15) is 4.98 Å². The van der Waals surface area contributed by atoms with Crippen molar-refractivity contribution in [3.05, 3.63) is 52.8 Å². The van der Waals surface area contributed by atoms with Crippen LogP contribution in [0.2, 0.25) is 0 Å². The van der Waals surface area contributed by atoms with Crippen molar-refractivity contribution in [2.75, 3.05) is 32.7 Å². The minimum absolute atomic E-state index is 0.122. The Kier molecular flexibility index (Phi) is 6.57. The lowest BCUT2D eigenvalue weighted by atomic mass is 10.1. The Morgan fingerprint density at radius 3 is 2.58 bits per heavy atom. The van der Waals surface area contributed by atoms with E-state index in [0.29, 0.717) is 22.6 Å². The number of hydrogen-bond acceptors (Lipinski definition) is 6. The van der Waals surface area contributed by atoms with E-state index in [1.165, 1.54) is 11.8 Å². The minimum atomic E-state index is 0.122. The van der Waals surface area contributed by atoms with Gasteiger partial charge in [-0.15, -0.1) is 5.10 Å². The van der Waals surface area contributed by atoms with E-state index in [9.17, 15) is 4.79 Å². The molecule has 2 aromatic heterocycles. The first-order chi connectivity index (χ1) is 14.9. The fraction of sp³-hybridized carbons (Fsp3) is 0.478. The number of benzene rings is 1. The summed E-state index contributed by atoms with van der Waals surface area (Å²) in [7, 11) is 0. The molecule has 1 amide bonds. The molecular weight excluding hydrogens is 408 g/mol. The maximum absolute atomic E-state index is 13.2. The van der Waals surface area contributed by atoms with Crippen LogP contribution in [0.3, 0.4) is 0 Å². The molecule has 0 atom stereocenters. The van der Waals surface area contributed by atoms with Crippen LogP contribution in [0.15, 0.2) is 35.5 Å². The van der Waals surface area contributed by atoms with Gasteiger partial charge in [-0.05, 0) is 37.5 Å². The van der Waals surface area contributed by atoms with Gasteiger partial charge in [0, 0.05) is 55.4 Å². The molecule has 4 rings (SSSR count). The molecule has 1 aromatic carbocycles. The molecule has 3 heterocycles. The van der Waals surface area contributed by atoms with Gasteiger partial charge in [0.1, 0.15) is 0 Å². The Hall–Kier alpha value is -2.45. The van der Waals surface area contributed by atoms with E-state index >= 15 is 0 Å². The van der Waals surface area contributed by atoms with Gasteiger partial charge in [0.15, 0.2) is 0 Å². The van der Waals surface area contributed by atoms with Crippen LogP contribution in [-0.4, -0.2) is 68.0 Å². The summed E-state index contributed by atoms with van der Waals surface area (Å²) in [6, 6.07) is 9.88. The molecule has 0 bridgehead atoms. The van der Waals surface area contributed by atoms with E-state index in [0.717, 1.165) is 55.2 Å². The highest BCUT2D eigenvalue weighted by atomic mass is 32.2. The average Bonchev–Trinajstić information content (AvgIpc) is 3.15. The second-order valence-electron chi connectivity index (χ2n) is 8.58. The van der Waals surface area contributed by atoms with Crippen molar-refractivity contribution in [1.82, 2.24) is 29.4 Å². The summed E-state index contributed by atoms with van der Waals surface area (Å²) in [4.78, 5) is 26.7. The third kappa shape index (κ3) is 5.07. The largest absolute Gasteiger partial charge is 0.336 e. The molecule has 1 aliphatic heterocycles. The van der Waals surface area contributed by atoms with Crippen LogP contribution in [0.1, 0.15) is 41.2 Å². The van der Waals surface area contributed by atoms with Crippen LogP contribution < -0.4 is 0 Å². The molecule has 0 unspecified atom stereocenters. The lowest BCUT2D eigenvalue weighted by Gasteiger charge is -2.35. The zero-order valence-electron chi connectivity index (χ0n) is 18.7. The molecule has 0 aliphatic carbocycles. The third-order valence-corrected chi connectivity index (χ3v) is 6.37. The molecule has 0 saturated carbocycles. The highest BCUT2D eigenvalue weighted by Gasteiger charge is 2.24. The first-order valence-corrected chi connectivity index (χ1v) is 11.8. The van der Waals surface area contributed by atoms with E-state index < -0.39 is 0 Å². The number of fused-ring (bicyclic) bond motifs is 1. The van der Waals surface area contributed by atoms with Gasteiger partial charge in [-0.1, -0.05) is 43.8 Å². The van der Waals surface area contributed by atoms with E-state index in [4.69, 9.17) is 0 Å². The van der Waals surface area contributed by atoms with Crippen LogP contribution in [-0.2, 0) is 5.75 Å². The second-order valence-corrected chi connectivity index (χ2v) is 9.52. The van der Waals surface area contributed by atoms with Gasteiger partial charge in [0.2, 0.25) is 5.16 Å². The summed E-state index contributed by atoms with van der Waals surface area (Å²) in [5.41, 5.74) is 3.73. The van der Waals surface area contributed by atoms with Crippen LogP contribution in [0.4, 0.5) is 0 Å². The Bertz CT molecular complexity index is 1070. The smallest absolute Gasteiger partial charge is 0.254 e. The number of aryl methyl sites for hydroxylation is 2. The zero-order chi connectivity index (χ0) is 22.0. The molecule has 3 aromatic rings. The topological polar surface area (TPSA) is 66.6 Å². The second kappa shape index (κ2) is 9.36. The highest BCUT2D eigenvalue weighted by molar-refractivity contribution is 7.98. The standard InChI is InChI=1S/C23H30N6OS/c1-16(2)14-27-9-11-28(12-10-27)21(30)20-8-6-5-7-19(20)15-31-23-25-22-24-17(3)13-18(4)29(22)26-23/h5-8,13,16H,9-12,14-15H2,1-4H3. The van der Waals surface area contributed by atoms with E-state index in [-0.39, 0.29) is 5.91 Å². The van der Waals surface area contributed by atoms with Crippen molar-refractivity contribution in [1.29, 1.82) is 0 Å². The highest BCUT2D eigenvalue weighted by Crippen LogP contribution is 2.24. The number of amides is 1. The number of thioether (sulfide) groups is 1. The van der Waals surface area contributed by atoms with Gasteiger partial charge in [-0.3, -0.25) is 9.69 Å². The van der Waals surface area contributed by atoms with Gasteiger partial charge < -0.3 is 4.90 Å². The van der Waals surface area contributed by atoms with Crippen molar-refractivity contribution in [2.24, 2.45) is 5.92 Å². The number of hydrogen-bond donors (Lipinski definition) is 0. The summed E-state index contributed by atoms with van der Waals surface area (Å²) < 4.78 is 1.77. The maximum Gasteiger partial charge on any atom is 0.254 e. The Morgan fingerprint density at radius 2 is 1.84 bits per heavy atom. The van der Waals surface area contributed by atoms with Crippen LogP contribution in [0.5, 0.6) is 0 Å². The first-order valence-electron chi connectivity index (χ1n) is 10.8. The predicted molar refractivity (Wildman–Crippen MR) is 123 cm³/mol. The molecule has 31 heavy (non-hydrogen) atoms. The molecule has 8 heteroatoms. The number of rotatable bonds is 6. The van der Waals surface area contributed by atoms with Crippen molar-refractivity contribution in [2.45, 2.75) is 38.6 Å². The Morgan fingerprint density at radius 1 is 1.10 bits per heavy atom. The number of piperazine rings is 1. The summed E-state index contributed by atoms with van der Waals surface area (Å²) in [5, 5.41) is 5.24. The fourth-order valence-corrected chi connectivity index (χ4v) is 4.85. The fourth-order valence-electron chi connectivity index (χ4n) is 4.03. The number of nitrogens with zero attached hydrogens (tertiary/aromatic N) is 6. The normalized spacial score (nSPS) is 15.2. The molecule has 1 fully saturated rings. The van der Waals surface area contributed by atoms with Crippen molar-refractivity contribution < 1.29 is 4.79 Å². The molecular formula is C23H30N6OS. The Balaban J connectivity index is 1.44. The summed E-state index contributed by atoms with van der Waals surface area (Å²) >= 11 is 1.54. The van der Waals surface area contributed by atoms with Crippen LogP contribution in [0, 0.1) is 19.8 Å². The predicted octanol–water partition coefficient (Wildman–Crippen LogP) is 3.45. The van der Waals surface area contributed by atoms with E-state index in [1.807, 2.05) is 49.1 Å².